The Hall–Kier alpha value is -0.540. The van der Waals surface area contributed by atoms with Gasteiger partial charge in [-0.1, -0.05) is 6.07 Å². The molecule has 0 atom stereocenters. The van der Waals surface area contributed by atoms with Crippen molar-refractivity contribution in [3.05, 3.63) is 28.2 Å². The van der Waals surface area contributed by atoms with Crippen LogP contribution in [0.2, 0.25) is 0 Å². The van der Waals surface area contributed by atoms with Gasteiger partial charge in [0.25, 0.3) is 0 Å². The predicted molar refractivity (Wildman–Crippen MR) is 45.1 cm³/mol. The molecule has 0 aliphatic heterocycles. The van der Waals surface area contributed by atoms with Gasteiger partial charge in [-0.2, -0.15) is 0 Å². The first kappa shape index (κ1) is 8.56. The maximum absolute atomic E-state index is 10.4. The second kappa shape index (κ2) is 3.74. The molecule has 0 spiro atoms. The summed E-state index contributed by atoms with van der Waals surface area (Å²) in [6, 6.07) is 5.32. The van der Waals surface area contributed by atoms with Crippen LogP contribution in [0.1, 0.15) is 5.56 Å². The average Bonchev–Trinajstić information content (AvgIpc) is 2.05. The summed E-state index contributed by atoms with van der Waals surface area (Å²) in [7, 11) is 1.58. The fourth-order valence-corrected chi connectivity index (χ4v) is 1.20. The molecular weight excluding hydrogens is 208 g/mol. The molecule has 11 heavy (non-hydrogen) atoms. The Balaban J connectivity index is 3.02. The number of rotatable bonds is 2. The molecule has 0 fully saturated rings. The lowest BCUT2D eigenvalue weighted by Crippen LogP contribution is -1.87. The van der Waals surface area contributed by atoms with E-state index in [1.165, 1.54) is 0 Å². The molecule has 1 aromatic rings. The maximum atomic E-state index is 10.4. The molecule has 0 unspecified atom stereocenters. The first-order valence-electron chi connectivity index (χ1n) is 3.18. The van der Waals surface area contributed by atoms with E-state index < -0.39 is 0 Å². The van der Waals surface area contributed by atoms with Gasteiger partial charge < -0.3 is 4.74 Å². The molecule has 1 rings (SSSR count). The van der Waals surface area contributed by atoms with Crippen LogP contribution in [0, 0.1) is 0 Å². The molecule has 3 heteroatoms. The standard InChI is InChI=1S/C8H8BrO2/c1-11-8-4-6(5-10)2-3-7(8)9/h2-4H,5H2,1H3. The van der Waals surface area contributed by atoms with E-state index in [0.29, 0.717) is 5.75 Å². The lowest BCUT2D eigenvalue weighted by atomic mass is 10.2. The molecule has 59 valence electrons. The molecule has 1 aromatic carbocycles. The summed E-state index contributed by atoms with van der Waals surface area (Å²) >= 11 is 3.29. The van der Waals surface area contributed by atoms with Gasteiger partial charge in [0.1, 0.15) is 12.4 Å². The van der Waals surface area contributed by atoms with Crippen LogP contribution in [0.4, 0.5) is 0 Å². The summed E-state index contributed by atoms with van der Waals surface area (Å²) in [5.74, 6) is 0.707. The summed E-state index contributed by atoms with van der Waals surface area (Å²) < 4.78 is 5.87. The van der Waals surface area contributed by atoms with Crippen LogP contribution in [0.3, 0.4) is 0 Å². The molecule has 0 aliphatic carbocycles. The van der Waals surface area contributed by atoms with Crippen LogP contribution < -0.4 is 4.74 Å². The lowest BCUT2D eigenvalue weighted by Gasteiger charge is -2.03. The second-order valence-electron chi connectivity index (χ2n) is 2.11. The third-order valence-corrected chi connectivity index (χ3v) is 2.04. The topological polar surface area (TPSA) is 29.1 Å². The summed E-state index contributed by atoms with van der Waals surface area (Å²) in [5, 5.41) is 10.4. The Bertz CT molecular complexity index is 248. The number of hydrogen-bond donors (Lipinski definition) is 0. The number of hydrogen-bond acceptors (Lipinski definition) is 1. The number of halogens is 1. The number of methoxy groups -OCH3 is 1. The molecule has 1 radical (unpaired) electrons. The maximum Gasteiger partial charge on any atom is 0.133 e. The van der Waals surface area contributed by atoms with Gasteiger partial charge >= 0.3 is 0 Å². The summed E-state index contributed by atoms with van der Waals surface area (Å²) in [6.07, 6.45) is 0. The highest BCUT2D eigenvalue weighted by atomic mass is 79.9. The predicted octanol–water partition coefficient (Wildman–Crippen LogP) is 2.39. The van der Waals surface area contributed by atoms with E-state index in [4.69, 9.17) is 4.74 Å². The zero-order chi connectivity index (χ0) is 8.27. The van der Waals surface area contributed by atoms with E-state index >= 15 is 0 Å². The van der Waals surface area contributed by atoms with E-state index in [0.717, 1.165) is 10.0 Å². The minimum atomic E-state index is -0.205. The van der Waals surface area contributed by atoms with E-state index in [2.05, 4.69) is 15.9 Å². The van der Waals surface area contributed by atoms with Gasteiger partial charge in [-0.05, 0) is 33.6 Å². The van der Waals surface area contributed by atoms with Crippen molar-refractivity contribution in [2.24, 2.45) is 0 Å². The molecule has 0 amide bonds. The van der Waals surface area contributed by atoms with Crippen LogP contribution in [0.15, 0.2) is 22.7 Å². The van der Waals surface area contributed by atoms with E-state index in [-0.39, 0.29) is 6.61 Å². The van der Waals surface area contributed by atoms with Crippen LogP contribution >= 0.6 is 15.9 Å². The molecule has 0 bridgehead atoms. The van der Waals surface area contributed by atoms with Crippen molar-refractivity contribution < 1.29 is 9.84 Å². The molecule has 0 saturated carbocycles. The fraction of sp³-hybridized carbons (Fsp3) is 0.250. The molecule has 0 aliphatic rings. The molecule has 0 N–H and O–H groups in total. The highest BCUT2D eigenvalue weighted by molar-refractivity contribution is 9.10. The Kier molecular flexibility index (Phi) is 2.91. The smallest absolute Gasteiger partial charge is 0.133 e. The Morgan fingerprint density at radius 2 is 2.27 bits per heavy atom. The molecule has 0 aromatic heterocycles. The lowest BCUT2D eigenvalue weighted by molar-refractivity contribution is 0.177. The summed E-state index contributed by atoms with van der Waals surface area (Å²) in [4.78, 5) is 0. The van der Waals surface area contributed by atoms with Gasteiger partial charge in [-0.25, -0.2) is 5.11 Å². The fourth-order valence-electron chi connectivity index (χ4n) is 0.794. The number of ether oxygens (including phenoxy) is 1. The van der Waals surface area contributed by atoms with Gasteiger partial charge in [0.2, 0.25) is 0 Å². The quantitative estimate of drug-likeness (QED) is 0.746. The van der Waals surface area contributed by atoms with Crippen molar-refractivity contribution in [3.8, 4) is 5.75 Å². The Morgan fingerprint density at radius 3 is 2.82 bits per heavy atom. The van der Waals surface area contributed by atoms with Gasteiger partial charge in [0, 0.05) is 0 Å². The summed E-state index contributed by atoms with van der Waals surface area (Å²) in [6.45, 7) is -0.205. The van der Waals surface area contributed by atoms with Crippen molar-refractivity contribution in [3.63, 3.8) is 0 Å². The molecule has 0 saturated heterocycles. The molecule has 2 nitrogen and oxygen atoms in total. The second-order valence-corrected chi connectivity index (χ2v) is 2.97. The van der Waals surface area contributed by atoms with Crippen molar-refractivity contribution >= 4 is 15.9 Å². The van der Waals surface area contributed by atoms with Gasteiger partial charge in [-0.3, -0.25) is 0 Å². The van der Waals surface area contributed by atoms with Gasteiger partial charge in [0.15, 0.2) is 0 Å². The minimum absolute atomic E-state index is 0.205. The van der Waals surface area contributed by atoms with Crippen molar-refractivity contribution in [2.45, 2.75) is 6.61 Å². The van der Waals surface area contributed by atoms with Crippen LogP contribution in [-0.2, 0) is 11.7 Å². The SMILES string of the molecule is COc1cc(C[O])ccc1Br. The van der Waals surface area contributed by atoms with Crippen LogP contribution in [-0.4, -0.2) is 7.11 Å². The van der Waals surface area contributed by atoms with Crippen molar-refractivity contribution in [1.29, 1.82) is 0 Å². The monoisotopic (exact) mass is 215 g/mol. The molecule has 0 heterocycles. The third-order valence-electron chi connectivity index (χ3n) is 1.38. The van der Waals surface area contributed by atoms with E-state index in [9.17, 15) is 5.11 Å². The number of benzene rings is 1. The zero-order valence-electron chi connectivity index (χ0n) is 6.13. The highest BCUT2D eigenvalue weighted by Gasteiger charge is 1.99. The van der Waals surface area contributed by atoms with Crippen LogP contribution in [0.5, 0.6) is 5.75 Å². The highest BCUT2D eigenvalue weighted by Crippen LogP contribution is 2.25. The first-order valence-corrected chi connectivity index (χ1v) is 3.97. The van der Waals surface area contributed by atoms with Gasteiger partial charge in [-0.15, -0.1) is 0 Å². The largest absolute Gasteiger partial charge is 0.496 e. The summed E-state index contributed by atoms with van der Waals surface area (Å²) in [5.41, 5.74) is 0.741. The van der Waals surface area contributed by atoms with Crippen molar-refractivity contribution in [1.82, 2.24) is 0 Å². The zero-order valence-corrected chi connectivity index (χ0v) is 7.72. The third kappa shape index (κ3) is 1.94. The van der Waals surface area contributed by atoms with E-state index in [1.54, 1.807) is 19.2 Å². The average molecular weight is 216 g/mol. The molecular formula is C8H8BrO2. The van der Waals surface area contributed by atoms with Crippen molar-refractivity contribution in [2.75, 3.05) is 7.11 Å². The Labute approximate surface area is 73.9 Å². The first-order chi connectivity index (χ1) is 5.27. The van der Waals surface area contributed by atoms with Gasteiger partial charge in [0.05, 0.1) is 11.6 Å². The Morgan fingerprint density at radius 1 is 1.55 bits per heavy atom. The van der Waals surface area contributed by atoms with Crippen LogP contribution in [0.25, 0.3) is 0 Å². The van der Waals surface area contributed by atoms with E-state index in [1.807, 2.05) is 6.07 Å². The minimum Gasteiger partial charge on any atom is -0.496 e. The normalized spacial score (nSPS) is 9.73.